The van der Waals surface area contributed by atoms with Crippen LogP contribution in [0.3, 0.4) is 0 Å². The van der Waals surface area contributed by atoms with E-state index in [0.29, 0.717) is 40.2 Å². The topological polar surface area (TPSA) is 98.1 Å². The number of halogens is 1. The number of methoxy groups -OCH3 is 2. The number of likely N-dealkylation sites (tertiary alicyclic amines) is 1. The lowest BCUT2D eigenvalue weighted by atomic mass is 9.83. The summed E-state index contributed by atoms with van der Waals surface area (Å²) in [5.41, 5.74) is 1.22. The third-order valence-corrected chi connectivity index (χ3v) is 11.0. The zero-order valence-electron chi connectivity index (χ0n) is 22.5. The number of fused-ring (bicyclic) bond motifs is 2. The van der Waals surface area contributed by atoms with Crippen molar-refractivity contribution >= 4 is 62.4 Å². The minimum Gasteiger partial charge on any atom is -0.493 e. The average Bonchev–Trinajstić information content (AvgIpc) is 3.43. The molecule has 3 atom stereocenters. The fourth-order valence-electron chi connectivity index (χ4n) is 5.88. The Hall–Kier alpha value is -3.09. The Kier molecular flexibility index (Phi) is 7.73. The highest BCUT2D eigenvalue weighted by molar-refractivity contribution is 9.10. The maximum atomic E-state index is 14.1. The molecule has 0 spiro atoms. The van der Waals surface area contributed by atoms with Gasteiger partial charge in [0, 0.05) is 28.4 Å². The molecule has 0 N–H and O–H groups in total. The van der Waals surface area contributed by atoms with Crippen LogP contribution in [0.1, 0.15) is 35.6 Å². The molecule has 4 heterocycles. The normalized spacial score (nSPS) is 22.0. The summed E-state index contributed by atoms with van der Waals surface area (Å²) >= 11 is 5.67. The molecule has 6 rings (SSSR count). The highest BCUT2D eigenvalue weighted by Gasteiger charge is 2.57. The summed E-state index contributed by atoms with van der Waals surface area (Å²) in [6.07, 6.45) is 2.99. The number of aromatic nitrogens is 1. The van der Waals surface area contributed by atoms with Crippen LogP contribution < -0.4 is 19.2 Å². The van der Waals surface area contributed by atoms with E-state index in [1.165, 1.54) is 28.3 Å². The minimum absolute atomic E-state index is 0.0910. The first kappa shape index (κ1) is 28.0. The molecule has 1 aromatic heterocycles. The number of imide groups is 1. The highest BCUT2D eigenvalue weighted by atomic mass is 79.9. The second-order valence-corrected chi connectivity index (χ2v) is 13.2. The average molecular weight is 659 g/mol. The number of nitrogens with zero attached hydrogens (tertiary/aromatic N) is 3. The monoisotopic (exact) mass is 657 g/mol. The summed E-state index contributed by atoms with van der Waals surface area (Å²) in [5.74, 6) is -1.09. The van der Waals surface area contributed by atoms with Crippen molar-refractivity contribution < 1.29 is 23.9 Å². The number of benzene rings is 2. The van der Waals surface area contributed by atoms with Crippen LogP contribution in [0.2, 0.25) is 0 Å². The van der Waals surface area contributed by atoms with Crippen LogP contribution in [-0.2, 0) is 20.9 Å². The molecule has 2 fully saturated rings. The minimum atomic E-state index is -0.762. The maximum absolute atomic E-state index is 14.1. The van der Waals surface area contributed by atoms with Crippen molar-refractivity contribution in [1.29, 1.82) is 0 Å². The molecular weight excluding hydrogens is 630 g/mol. The van der Waals surface area contributed by atoms with Gasteiger partial charge >= 0.3 is 4.87 Å². The van der Waals surface area contributed by atoms with E-state index in [2.05, 4.69) is 15.9 Å². The number of anilines is 1. The molecule has 3 aliphatic heterocycles. The van der Waals surface area contributed by atoms with E-state index in [4.69, 9.17) is 9.47 Å². The van der Waals surface area contributed by atoms with E-state index in [1.54, 1.807) is 43.5 Å². The van der Waals surface area contributed by atoms with Crippen LogP contribution >= 0.6 is 39.0 Å². The van der Waals surface area contributed by atoms with Crippen molar-refractivity contribution in [1.82, 2.24) is 9.47 Å². The van der Waals surface area contributed by atoms with Crippen molar-refractivity contribution in [2.45, 2.75) is 42.0 Å². The predicted molar refractivity (Wildman–Crippen MR) is 160 cm³/mol. The van der Waals surface area contributed by atoms with Crippen LogP contribution in [0.4, 0.5) is 5.69 Å². The molecule has 0 aliphatic carbocycles. The zero-order chi connectivity index (χ0) is 28.8. The number of hydrogen-bond acceptors (Lipinski definition) is 8. The maximum Gasteiger partial charge on any atom is 0.308 e. The van der Waals surface area contributed by atoms with Gasteiger partial charge in [0.15, 0.2) is 11.5 Å². The Labute approximate surface area is 253 Å². The van der Waals surface area contributed by atoms with Gasteiger partial charge in [0.2, 0.25) is 17.7 Å². The van der Waals surface area contributed by atoms with E-state index in [0.717, 1.165) is 40.6 Å². The molecule has 0 radical (unpaired) electrons. The second kappa shape index (κ2) is 11.3. The van der Waals surface area contributed by atoms with Gasteiger partial charge < -0.3 is 14.4 Å². The molecular formula is C29H28BrN3O6S2. The van der Waals surface area contributed by atoms with E-state index >= 15 is 0 Å². The molecule has 12 heteroatoms. The number of hydrogen-bond donors (Lipinski definition) is 0. The van der Waals surface area contributed by atoms with E-state index in [1.807, 2.05) is 11.0 Å². The number of carbonyl (C=O) groups excluding carboxylic acids is 3. The molecule has 9 nitrogen and oxygen atoms in total. The molecule has 41 heavy (non-hydrogen) atoms. The van der Waals surface area contributed by atoms with Gasteiger partial charge in [-0.3, -0.25) is 23.7 Å². The number of piperidine rings is 1. The van der Waals surface area contributed by atoms with Crippen molar-refractivity contribution in [2.24, 2.45) is 5.92 Å². The quantitative estimate of drug-likeness (QED) is 0.360. The summed E-state index contributed by atoms with van der Waals surface area (Å²) < 4.78 is 13.3. The molecule has 2 saturated heterocycles. The predicted octanol–water partition coefficient (Wildman–Crippen LogP) is 4.50. The van der Waals surface area contributed by atoms with Crippen LogP contribution in [0.5, 0.6) is 11.5 Å². The van der Waals surface area contributed by atoms with Crippen LogP contribution in [0.25, 0.3) is 0 Å². The largest absolute Gasteiger partial charge is 0.493 e. The van der Waals surface area contributed by atoms with Crippen LogP contribution in [0, 0.1) is 5.92 Å². The summed E-state index contributed by atoms with van der Waals surface area (Å²) in [5, 5.41) is -0.188. The number of amides is 3. The number of carbonyl (C=O) groups is 3. The molecule has 3 aliphatic rings. The van der Waals surface area contributed by atoms with Gasteiger partial charge in [0.25, 0.3) is 0 Å². The number of ether oxygens (including phenoxy) is 2. The van der Waals surface area contributed by atoms with Crippen molar-refractivity contribution in [3.05, 3.63) is 67.0 Å². The van der Waals surface area contributed by atoms with Gasteiger partial charge in [0.05, 0.1) is 30.9 Å². The van der Waals surface area contributed by atoms with Crippen LogP contribution in [0.15, 0.2) is 56.8 Å². The van der Waals surface area contributed by atoms with Gasteiger partial charge in [0.1, 0.15) is 11.8 Å². The Morgan fingerprint density at radius 2 is 1.66 bits per heavy atom. The zero-order valence-corrected chi connectivity index (χ0v) is 25.7. The van der Waals surface area contributed by atoms with Gasteiger partial charge in [-0.15, -0.1) is 0 Å². The first-order valence-electron chi connectivity index (χ1n) is 13.4. The number of rotatable bonds is 6. The van der Waals surface area contributed by atoms with E-state index < -0.39 is 17.1 Å². The van der Waals surface area contributed by atoms with Crippen molar-refractivity contribution in [2.75, 3.05) is 32.2 Å². The molecule has 3 amide bonds. The molecule has 3 aromatic rings. The number of thiazole rings is 1. The third-order valence-electron chi connectivity index (χ3n) is 7.90. The lowest BCUT2D eigenvalue weighted by molar-refractivity contribution is -0.133. The first-order chi connectivity index (χ1) is 19.8. The Balaban J connectivity index is 1.46. The third kappa shape index (κ3) is 4.89. The van der Waals surface area contributed by atoms with Gasteiger partial charge in [-0.25, -0.2) is 4.90 Å². The molecule has 0 bridgehead atoms. The Morgan fingerprint density at radius 1 is 0.951 bits per heavy atom. The summed E-state index contributed by atoms with van der Waals surface area (Å²) in [4.78, 5) is 58.0. The second-order valence-electron chi connectivity index (χ2n) is 10.2. The smallest absolute Gasteiger partial charge is 0.308 e. The molecule has 0 saturated carbocycles. The standard InChI is InChI=1S/C29H28BrN3O6S2/c1-38-19-11-6-16(14-20(19)39-2)22-23-24(27(36)33(26(23)35)18-9-7-17(30)8-10-18)40-28-25(22)41-29(37)32(28)15-21(34)31-12-4-3-5-13-31/h6-11,14,22-24H,3-5,12-13,15H2,1-2H3/t22-,23?,24?/m0/s1. The first-order valence-corrected chi connectivity index (χ1v) is 15.8. The Bertz CT molecular complexity index is 1580. The number of thioether (sulfide) groups is 1. The van der Waals surface area contributed by atoms with Gasteiger partial charge in [-0.2, -0.15) is 0 Å². The fourth-order valence-corrected chi connectivity index (χ4v) is 8.92. The summed E-state index contributed by atoms with van der Waals surface area (Å²) in [6.45, 7) is 1.27. The van der Waals surface area contributed by atoms with Gasteiger partial charge in [-0.1, -0.05) is 45.1 Å². The van der Waals surface area contributed by atoms with E-state index in [-0.39, 0.29) is 29.1 Å². The highest BCUT2D eigenvalue weighted by Crippen LogP contribution is 2.54. The van der Waals surface area contributed by atoms with Crippen molar-refractivity contribution in [3.63, 3.8) is 0 Å². The summed E-state index contributed by atoms with van der Waals surface area (Å²) in [7, 11) is 3.08. The van der Waals surface area contributed by atoms with Crippen LogP contribution in [-0.4, -0.2) is 59.7 Å². The lowest BCUT2D eigenvalue weighted by Crippen LogP contribution is -2.39. The molecule has 214 valence electrons. The van der Waals surface area contributed by atoms with Gasteiger partial charge in [-0.05, 0) is 61.2 Å². The van der Waals surface area contributed by atoms with Crippen molar-refractivity contribution in [3.8, 4) is 11.5 Å². The van der Waals surface area contributed by atoms with E-state index in [9.17, 15) is 19.2 Å². The fraction of sp³-hybridized carbons (Fsp3) is 0.379. The lowest BCUT2D eigenvalue weighted by Gasteiger charge is -2.31. The molecule has 2 aromatic carbocycles. The summed E-state index contributed by atoms with van der Waals surface area (Å²) in [6, 6.07) is 12.4. The SMILES string of the molecule is COc1ccc([C@@H]2c3sc(=O)n(CC(=O)N4CCCCC4)c3SC3C(=O)N(c4ccc(Br)cc4)C(=O)C32)cc1OC. The molecule has 2 unspecified atom stereocenters. The Morgan fingerprint density at radius 3 is 2.34 bits per heavy atom.